The van der Waals surface area contributed by atoms with Crippen LogP contribution in [0.5, 0.6) is 11.5 Å². The van der Waals surface area contributed by atoms with E-state index in [9.17, 15) is 19.2 Å². The molecule has 0 spiro atoms. The van der Waals surface area contributed by atoms with Gasteiger partial charge in [0.2, 0.25) is 23.1 Å². The first kappa shape index (κ1) is 22.2. The molecular weight excluding hydrogens is 568 g/mol. The number of carbonyl (C=O) groups excluding carboxylic acids is 4. The molecule has 0 radical (unpaired) electrons. The van der Waals surface area contributed by atoms with Gasteiger partial charge in [0, 0.05) is 22.3 Å². The molecule has 0 heterocycles. The van der Waals surface area contributed by atoms with E-state index >= 15 is 0 Å². The maximum atomic E-state index is 12.8. The predicted octanol–water partition coefficient (Wildman–Crippen LogP) is 5.82. The summed E-state index contributed by atoms with van der Waals surface area (Å²) in [6.07, 6.45) is 0. The standard InChI is InChI=1S/C26H12Br2O6/c27-19-21(29)15-5-1-3-7-17(15)23(31)25(19)33-13-9-11-14(12-10-13)34-26-20(28)22(30)16-6-2-4-8-18(16)24(26)32/h1-12H. The molecule has 0 bridgehead atoms. The molecule has 3 aromatic rings. The molecule has 0 saturated carbocycles. The van der Waals surface area contributed by atoms with Crippen LogP contribution >= 0.6 is 31.9 Å². The van der Waals surface area contributed by atoms with Crippen LogP contribution in [0.25, 0.3) is 0 Å². The molecule has 0 aromatic heterocycles. The first-order valence-corrected chi connectivity index (χ1v) is 11.6. The first-order valence-electron chi connectivity index (χ1n) is 9.99. The Bertz CT molecular complexity index is 1370. The monoisotopic (exact) mass is 578 g/mol. The van der Waals surface area contributed by atoms with Gasteiger partial charge in [0.05, 0.1) is 0 Å². The fourth-order valence-corrected chi connectivity index (χ4v) is 4.59. The van der Waals surface area contributed by atoms with Crippen molar-refractivity contribution in [1.82, 2.24) is 0 Å². The number of rotatable bonds is 4. The molecule has 0 aliphatic heterocycles. The molecule has 166 valence electrons. The van der Waals surface area contributed by atoms with Gasteiger partial charge in [0.15, 0.2) is 11.5 Å². The van der Waals surface area contributed by atoms with Gasteiger partial charge in [-0.25, -0.2) is 0 Å². The Kier molecular flexibility index (Phi) is 5.63. The van der Waals surface area contributed by atoms with Crippen LogP contribution in [0.1, 0.15) is 41.4 Å². The number of halogens is 2. The molecule has 0 unspecified atom stereocenters. The maximum absolute atomic E-state index is 12.8. The van der Waals surface area contributed by atoms with Gasteiger partial charge in [0.1, 0.15) is 20.5 Å². The first-order chi connectivity index (χ1) is 16.4. The lowest BCUT2D eigenvalue weighted by Crippen LogP contribution is -2.23. The summed E-state index contributed by atoms with van der Waals surface area (Å²) < 4.78 is 11.5. The van der Waals surface area contributed by atoms with E-state index in [4.69, 9.17) is 9.47 Å². The second-order valence-corrected chi connectivity index (χ2v) is 8.96. The normalized spacial score (nSPS) is 15.4. The number of benzene rings is 3. The summed E-state index contributed by atoms with van der Waals surface area (Å²) in [5, 5.41) is 0. The van der Waals surface area contributed by atoms with Crippen molar-refractivity contribution in [3.05, 3.63) is 116 Å². The van der Waals surface area contributed by atoms with E-state index in [-0.39, 0.29) is 54.7 Å². The number of allylic oxidation sites excluding steroid dienone is 4. The highest BCUT2D eigenvalue weighted by atomic mass is 79.9. The van der Waals surface area contributed by atoms with E-state index in [2.05, 4.69) is 31.9 Å². The third-order valence-corrected chi connectivity index (χ3v) is 6.75. The molecule has 0 N–H and O–H groups in total. The smallest absolute Gasteiger partial charge is 0.230 e. The molecule has 3 aromatic carbocycles. The minimum atomic E-state index is -0.415. The van der Waals surface area contributed by atoms with Crippen LogP contribution < -0.4 is 9.47 Å². The summed E-state index contributed by atoms with van der Waals surface area (Å²) in [6.45, 7) is 0. The summed E-state index contributed by atoms with van der Waals surface area (Å²) >= 11 is 6.36. The van der Waals surface area contributed by atoms with Crippen LogP contribution in [-0.2, 0) is 0 Å². The van der Waals surface area contributed by atoms with Gasteiger partial charge in [-0.3, -0.25) is 19.2 Å². The lowest BCUT2D eigenvalue weighted by atomic mass is 9.93. The molecule has 5 rings (SSSR count). The Balaban J connectivity index is 1.38. The minimum absolute atomic E-state index is 0.0376. The van der Waals surface area contributed by atoms with Gasteiger partial charge in [-0.15, -0.1) is 0 Å². The Morgan fingerprint density at radius 1 is 0.441 bits per heavy atom. The summed E-state index contributed by atoms with van der Waals surface area (Å²) in [7, 11) is 0. The van der Waals surface area contributed by atoms with Crippen LogP contribution in [-0.4, -0.2) is 23.1 Å². The molecular formula is C26H12Br2O6. The van der Waals surface area contributed by atoms with Crippen molar-refractivity contribution in [3.8, 4) is 11.5 Å². The van der Waals surface area contributed by atoms with Crippen molar-refractivity contribution in [1.29, 1.82) is 0 Å². The van der Waals surface area contributed by atoms with Gasteiger partial charge in [-0.2, -0.15) is 0 Å². The Hall–Kier alpha value is -3.62. The Labute approximate surface area is 210 Å². The van der Waals surface area contributed by atoms with Gasteiger partial charge >= 0.3 is 0 Å². The third-order valence-electron chi connectivity index (χ3n) is 5.31. The van der Waals surface area contributed by atoms with Crippen LogP contribution in [0.15, 0.2) is 93.3 Å². The number of hydrogen-bond donors (Lipinski definition) is 0. The van der Waals surface area contributed by atoms with Crippen LogP contribution in [0, 0.1) is 0 Å². The lowest BCUT2D eigenvalue weighted by Gasteiger charge is -2.19. The van der Waals surface area contributed by atoms with E-state index < -0.39 is 11.6 Å². The Morgan fingerprint density at radius 2 is 0.735 bits per heavy atom. The highest BCUT2D eigenvalue weighted by Crippen LogP contribution is 2.34. The average molecular weight is 580 g/mol. The molecule has 0 amide bonds. The van der Waals surface area contributed by atoms with Gasteiger partial charge in [-0.05, 0) is 56.1 Å². The van der Waals surface area contributed by atoms with E-state index in [0.717, 1.165) is 0 Å². The summed E-state index contributed by atoms with van der Waals surface area (Å²) in [5.41, 5.74) is 1.15. The number of fused-ring (bicyclic) bond motifs is 2. The van der Waals surface area contributed by atoms with E-state index in [0.29, 0.717) is 11.1 Å². The molecule has 34 heavy (non-hydrogen) atoms. The summed E-state index contributed by atoms with van der Waals surface area (Å²) in [4.78, 5) is 50.9. The van der Waals surface area contributed by atoms with Crippen LogP contribution in [0.4, 0.5) is 0 Å². The van der Waals surface area contributed by atoms with Gasteiger partial charge in [0.25, 0.3) is 0 Å². The largest absolute Gasteiger partial charge is 0.452 e. The van der Waals surface area contributed by atoms with Crippen molar-refractivity contribution in [3.63, 3.8) is 0 Å². The average Bonchev–Trinajstić information content (AvgIpc) is 2.87. The zero-order valence-electron chi connectivity index (χ0n) is 17.1. The summed E-state index contributed by atoms with van der Waals surface area (Å²) in [5.74, 6) is -1.19. The Morgan fingerprint density at radius 3 is 1.06 bits per heavy atom. The molecule has 2 aliphatic carbocycles. The van der Waals surface area contributed by atoms with Crippen molar-refractivity contribution in [2.45, 2.75) is 0 Å². The van der Waals surface area contributed by atoms with Crippen molar-refractivity contribution >= 4 is 55.0 Å². The van der Waals surface area contributed by atoms with Crippen LogP contribution in [0.2, 0.25) is 0 Å². The molecule has 0 fully saturated rings. The van der Waals surface area contributed by atoms with E-state index in [1.807, 2.05) is 0 Å². The number of Topliss-reactive ketones (excluding diaryl/α,β-unsaturated/α-hetero) is 4. The molecule has 0 saturated heterocycles. The fraction of sp³-hybridized carbons (Fsp3) is 0. The second kappa shape index (κ2) is 8.62. The third kappa shape index (κ3) is 3.65. The van der Waals surface area contributed by atoms with Crippen LogP contribution in [0.3, 0.4) is 0 Å². The summed E-state index contributed by atoms with van der Waals surface area (Å²) in [6, 6.07) is 19.1. The highest BCUT2D eigenvalue weighted by Gasteiger charge is 2.34. The number of ether oxygens (including phenoxy) is 2. The highest BCUT2D eigenvalue weighted by molar-refractivity contribution is 9.12. The van der Waals surface area contributed by atoms with Crippen molar-refractivity contribution < 1.29 is 28.7 Å². The van der Waals surface area contributed by atoms with E-state index in [1.54, 1.807) is 48.5 Å². The molecule has 0 atom stereocenters. The minimum Gasteiger partial charge on any atom is -0.452 e. The molecule has 6 nitrogen and oxygen atoms in total. The zero-order valence-corrected chi connectivity index (χ0v) is 20.3. The topological polar surface area (TPSA) is 86.7 Å². The SMILES string of the molecule is O=C1C(Br)=C(Oc2ccc(OC3=C(Br)C(=O)c4ccccc4C3=O)cc2)C(=O)c2ccccc21. The second-order valence-electron chi connectivity index (χ2n) is 7.37. The molecule has 8 heteroatoms. The molecule has 2 aliphatic rings. The quantitative estimate of drug-likeness (QED) is 0.387. The number of carbonyl (C=O) groups is 4. The van der Waals surface area contributed by atoms with E-state index in [1.165, 1.54) is 24.3 Å². The predicted molar refractivity (Wildman–Crippen MR) is 130 cm³/mol. The van der Waals surface area contributed by atoms with Crippen molar-refractivity contribution in [2.24, 2.45) is 0 Å². The van der Waals surface area contributed by atoms with Gasteiger partial charge < -0.3 is 9.47 Å². The lowest BCUT2D eigenvalue weighted by molar-refractivity contribution is 0.0943. The van der Waals surface area contributed by atoms with Gasteiger partial charge in [-0.1, -0.05) is 48.5 Å². The maximum Gasteiger partial charge on any atom is 0.230 e. The fourth-order valence-electron chi connectivity index (χ4n) is 3.64. The number of hydrogen-bond acceptors (Lipinski definition) is 6. The number of ketones is 4. The van der Waals surface area contributed by atoms with Crippen molar-refractivity contribution in [2.75, 3.05) is 0 Å². The zero-order chi connectivity index (χ0) is 24.0.